The number of hydrogen-bond donors (Lipinski definition) is 0. The first-order valence-corrected chi connectivity index (χ1v) is 17.5. The first kappa shape index (κ1) is 30.3. The molecule has 0 amide bonds. The molecule has 0 saturated carbocycles. The average molecular weight is 646 g/mol. The van der Waals surface area contributed by atoms with E-state index in [1.807, 2.05) is 36.7 Å². The van der Waals surface area contributed by atoms with Gasteiger partial charge in [0.05, 0.1) is 11.4 Å². The molecule has 0 saturated heterocycles. The van der Waals surface area contributed by atoms with Crippen molar-refractivity contribution in [2.75, 3.05) is 4.90 Å². The number of aromatic nitrogens is 2. The first-order valence-electron chi connectivity index (χ1n) is 17.5. The molecule has 242 valence electrons. The van der Waals surface area contributed by atoms with Gasteiger partial charge >= 0.3 is 0 Å². The van der Waals surface area contributed by atoms with Crippen LogP contribution >= 0.6 is 0 Å². The van der Waals surface area contributed by atoms with Crippen LogP contribution < -0.4 is 4.90 Å². The number of fused-ring (bicyclic) bond motifs is 4. The highest BCUT2D eigenvalue weighted by Gasteiger charge is 2.46. The number of benzene rings is 5. The fourth-order valence-electron chi connectivity index (χ4n) is 8.64. The Morgan fingerprint density at radius 3 is 1.36 bits per heavy atom. The molecule has 3 nitrogen and oxygen atoms in total. The topological polar surface area (TPSA) is 29.0 Å². The summed E-state index contributed by atoms with van der Waals surface area (Å²) >= 11 is 0. The molecular formula is C47H39N3. The van der Waals surface area contributed by atoms with Gasteiger partial charge in [-0.15, -0.1) is 0 Å². The van der Waals surface area contributed by atoms with Gasteiger partial charge in [0, 0.05) is 57.3 Å². The molecule has 2 aliphatic carbocycles. The highest BCUT2D eigenvalue weighted by Crippen LogP contribution is 2.58. The maximum Gasteiger partial charge on any atom is 0.0702 e. The molecule has 0 bridgehead atoms. The molecule has 3 heteroatoms. The molecule has 0 fully saturated rings. The van der Waals surface area contributed by atoms with Gasteiger partial charge in [-0.1, -0.05) is 113 Å². The van der Waals surface area contributed by atoms with Crippen LogP contribution in [0.3, 0.4) is 0 Å². The van der Waals surface area contributed by atoms with Crippen molar-refractivity contribution in [1.82, 2.24) is 9.97 Å². The SMILES string of the molecule is CC1(C)c2ccccc2C2c3ccccc3C(C)(C)c3cc(N(c4cccc(-c5ccccn5)c4)c4cccc(-c5ccccn5)c4)cc1c32. The Morgan fingerprint density at radius 1 is 0.440 bits per heavy atom. The van der Waals surface area contributed by atoms with Gasteiger partial charge in [0.1, 0.15) is 0 Å². The van der Waals surface area contributed by atoms with Gasteiger partial charge in [-0.3, -0.25) is 9.97 Å². The molecule has 0 spiro atoms. The Balaban J connectivity index is 1.33. The van der Waals surface area contributed by atoms with Crippen LogP contribution in [0.1, 0.15) is 72.6 Å². The van der Waals surface area contributed by atoms with E-state index in [-0.39, 0.29) is 16.7 Å². The minimum Gasteiger partial charge on any atom is -0.310 e. The second-order valence-corrected chi connectivity index (χ2v) is 14.7. The Kier molecular flexibility index (Phi) is 6.89. The molecule has 9 rings (SSSR count). The van der Waals surface area contributed by atoms with E-state index in [2.05, 4.69) is 154 Å². The molecule has 7 aromatic rings. The van der Waals surface area contributed by atoms with E-state index >= 15 is 0 Å². The summed E-state index contributed by atoms with van der Waals surface area (Å²) in [6.07, 6.45) is 3.72. The second kappa shape index (κ2) is 11.4. The lowest BCUT2D eigenvalue weighted by Gasteiger charge is -2.48. The first-order chi connectivity index (χ1) is 24.3. The number of rotatable bonds is 5. The molecule has 2 aliphatic rings. The van der Waals surface area contributed by atoms with Crippen molar-refractivity contribution in [3.8, 4) is 22.5 Å². The van der Waals surface area contributed by atoms with Gasteiger partial charge in [0.15, 0.2) is 0 Å². The average Bonchev–Trinajstić information content (AvgIpc) is 3.16. The largest absolute Gasteiger partial charge is 0.310 e. The summed E-state index contributed by atoms with van der Waals surface area (Å²) in [6.45, 7) is 9.62. The second-order valence-electron chi connectivity index (χ2n) is 14.7. The predicted molar refractivity (Wildman–Crippen MR) is 206 cm³/mol. The standard InChI is InChI=1S/C47H39N3/c1-46(2)38-21-7-5-19-36(38)44-37-20-6-8-22-39(37)47(3,4)41-30-35(29-40(46)45(41)44)50(33-17-13-15-31(27-33)42-23-9-11-25-48-42)34-18-14-16-32(28-34)43-24-10-12-26-49-43/h5-30,44H,1-4H3. The summed E-state index contributed by atoms with van der Waals surface area (Å²) in [6, 6.07) is 52.9. The minimum absolute atomic E-state index is 0.191. The molecule has 0 unspecified atom stereocenters. The molecule has 2 aromatic heterocycles. The van der Waals surface area contributed by atoms with Gasteiger partial charge in [-0.25, -0.2) is 0 Å². The van der Waals surface area contributed by atoms with Gasteiger partial charge in [-0.05, 0) is 99.6 Å². The summed E-state index contributed by atoms with van der Waals surface area (Å²) in [5, 5.41) is 0. The number of nitrogens with zero attached hydrogens (tertiary/aromatic N) is 3. The van der Waals surface area contributed by atoms with Gasteiger partial charge in [-0.2, -0.15) is 0 Å². The number of pyridine rings is 2. The third kappa shape index (κ3) is 4.64. The molecule has 0 aliphatic heterocycles. The third-order valence-electron chi connectivity index (χ3n) is 11.1. The molecule has 2 heterocycles. The minimum atomic E-state index is -0.202. The lowest BCUT2D eigenvalue weighted by molar-refractivity contribution is 0.547. The zero-order valence-electron chi connectivity index (χ0n) is 28.9. The number of anilines is 3. The fourth-order valence-corrected chi connectivity index (χ4v) is 8.64. The van der Waals surface area contributed by atoms with Crippen molar-refractivity contribution < 1.29 is 0 Å². The predicted octanol–water partition coefficient (Wildman–Crippen LogP) is 11.7. The molecule has 0 N–H and O–H groups in total. The van der Waals surface area contributed by atoms with E-state index in [9.17, 15) is 0 Å². The highest BCUT2D eigenvalue weighted by molar-refractivity contribution is 5.84. The Morgan fingerprint density at radius 2 is 0.900 bits per heavy atom. The van der Waals surface area contributed by atoms with Crippen molar-refractivity contribution in [1.29, 1.82) is 0 Å². The third-order valence-corrected chi connectivity index (χ3v) is 11.1. The van der Waals surface area contributed by atoms with Gasteiger partial charge < -0.3 is 4.90 Å². The molecule has 0 radical (unpaired) electrons. The van der Waals surface area contributed by atoms with Crippen LogP contribution in [-0.4, -0.2) is 9.97 Å². The van der Waals surface area contributed by atoms with Gasteiger partial charge in [0.25, 0.3) is 0 Å². The maximum absolute atomic E-state index is 4.70. The van der Waals surface area contributed by atoms with Crippen molar-refractivity contribution in [3.63, 3.8) is 0 Å². The monoisotopic (exact) mass is 645 g/mol. The van der Waals surface area contributed by atoms with Crippen LogP contribution in [0.2, 0.25) is 0 Å². The molecule has 50 heavy (non-hydrogen) atoms. The van der Waals surface area contributed by atoms with Crippen LogP contribution in [0, 0.1) is 0 Å². The van der Waals surface area contributed by atoms with E-state index < -0.39 is 0 Å². The Bertz CT molecular complexity index is 2230. The lowest BCUT2D eigenvalue weighted by Crippen LogP contribution is -2.38. The summed E-state index contributed by atoms with van der Waals surface area (Å²) in [7, 11) is 0. The molecule has 5 aromatic carbocycles. The van der Waals surface area contributed by atoms with Crippen molar-refractivity contribution in [2.45, 2.75) is 44.4 Å². The number of hydrogen-bond acceptors (Lipinski definition) is 3. The van der Waals surface area contributed by atoms with E-state index in [1.54, 1.807) is 0 Å². The zero-order chi connectivity index (χ0) is 34.0. The van der Waals surface area contributed by atoms with E-state index in [0.717, 1.165) is 39.6 Å². The summed E-state index contributed by atoms with van der Waals surface area (Å²) in [5.41, 5.74) is 16.9. The van der Waals surface area contributed by atoms with Crippen LogP contribution in [0.15, 0.2) is 158 Å². The van der Waals surface area contributed by atoms with Crippen molar-refractivity contribution >= 4 is 17.1 Å². The van der Waals surface area contributed by atoms with Crippen LogP contribution in [-0.2, 0) is 10.8 Å². The van der Waals surface area contributed by atoms with E-state index in [4.69, 9.17) is 9.97 Å². The van der Waals surface area contributed by atoms with E-state index in [0.29, 0.717) is 0 Å². The smallest absolute Gasteiger partial charge is 0.0702 e. The highest BCUT2D eigenvalue weighted by atomic mass is 15.1. The summed E-state index contributed by atoms with van der Waals surface area (Å²) in [4.78, 5) is 11.8. The Labute approximate surface area is 295 Å². The summed E-state index contributed by atoms with van der Waals surface area (Å²) in [5.74, 6) is 0.191. The van der Waals surface area contributed by atoms with E-state index in [1.165, 1.54) is 38.9 Å². The maximum atomic E-state index is 4.70. The summed E-state index contributed by atoms with van der Waals surface area (Å²) < 4.78 is 0. The molecule has 0 atom stereocenters. The normalized spacial score (nSPS) is 15.0. The fraction of sp³-hybridized carbons (Fsp3) is 0.149. The lowest BCUT2D eigenvalue weighted by atomic mass is 9.56. The van der Waals surface area contributed by atoms with Crippen LogP contribution in [0.25, 0.3) is 22.5 Å². The quantitative estimate of drug-likeness (QED) is 0.186. The Hall–Kier alpha value is -5.80. The molecular weight excluding hydrogens is 607 g/mol. The zero-order valence-corrected chi connectivity index (χ0v) is 28.9. The van der Waals surface area contributed by atoms with Crippen molar-refractivity contribution in [2.24, 2.45) is 0 Å². The van der Waals surface area contributed by atoms with Crippen LogP contribution in [0.4, 0.5) is 17.1 Å². The van der Waals surface area contributed by atoms with Gasteiger partial charge in [0.2, 0.25) is 0 Å². The van der Waals surface area contributed by atoms with Crippen molar-refractivity contribution in [3.05, 3.63) is 197 Å². The van der Waals surface area contributed by atoms with Crippen LogP contribution in [0.5, 0.6) is 0 Å².